The molecule has 3 rings (SSSR count). The second-order valence-corrected chi connectivity index (χ2v) is 7.94. The number of fused-ring (bicyclic) bond motifs is 1. The minimum Gasteiger partial charge on any atom is -0.389 e. The summed E-state index contributed by atoms with van der Waals surface area (Å²) in [7, 11) is -3.73. The van der Waals surface area contributed by atoms with Gasteiger partial charge in [0.15, 0.2) is 0 Å². The largest absolute Gasteiger partial charge is 0.389 e. The Morgan fingerprint density at radius 3 is 2.92 bits per heavy atom. The van der Waals surface area contributed by atoms with E-state index < -0.39 is 22.2 Å². The van der Waals surface area contributed by atoms with Crippen LogP contribution in [0.15, 0.2) is 23.1 Å². The Balaban J connectivity index is 1.85. The van der Waals surface area contributed by atoms with E-state index in [9.17, 15) is 18.3 Å². The van der Waals surface area contributed by atoms with Crippen molar-refractivity contribution < 1.29 is 23.1 Å². The predicted molar refractivity (Wildman–Crippen MR) is 88.3 cm³/mol. The zero-order chi connectivity index (χ0) is 17.3. The van der Waals surface area contributed by atoms with Crippen molar-refractivity contribution in [3.8, 4) is 0 Å². The van der Waals surface area contributed by atoms with Gasteiger partial charge in [0.1, 0.15) is 0 Å². The van der Waals surface area contributed by atoms with Gasteiger partial charge in [-0.15, -0.1) is 0 Å². The lowest BCUT2D eigenvalue weighted by molar-refractivity contribution is -0.116. The van der Waals surface area contributed by atoms with Crippen molar-refractivity contribution in [3.63, 3.8) is 0 Å². The SMILES string of the molecule is CC(=O)N1CCCc2cc(S(=O)(=O)N[C@@H]3CCOC[C@H]3O)ccc21. The normalized spacial score (nSPS) is 24.5. The molecule has 2 N–H and O–H groups in total. The lowest BCUT2D eigenvalue weighted by Crippen LogP contribution is -2.48. The third-order valence-corrected chi connectivity index (χ3v) is 5.98. The topological polar surface area (TPSA) is 95.9 Å². The number of nitrogens with zero attached hydrogens (tertiary/aromatic N) is 1. The summed E-state index contributed by atoms with van der Waals surface area (Å²) in [5, 5.41) is 9.87. The Morgan fingerprint density at radius 1 is 1.42 bits per heavy atom. The molecule has 1 aromatic carbocycles. The lowest BCUT2D eigenvalue weighted by Gasteiger charge is -2.30. The highest BCUT2D eigenvalue weighted by atomic mass is 32.2. The number of carbonyl (C=O) groups is 1. The van der Waals surface area contributed by atoms with Gasteiger partial charge in [-0.1, -0.05) is 0 Å². The smallest absolute Gasteiger partial charge is 0.240 e. The highest BCUT2D eigenvalue weighted by Gasteiger charge is 2.29. The first-order chi connectivity index (χ1) is 11.4. The summed E-state index contributed by atoms with van der Waals surface area (Å²) in [5.41, 5.74) is 1.63. The quantitative estimate of drug-likeness (QED) is 0.820. The molecule has 24 heavy (non-hydrogen) atoms. The van der Waals surface area contributed by atoms with E-state index in [1.807, 2.05) is 0 Å². The zero-order valence-electron chi connectivity index (χ0n) is 13.6. The maximum absolute atomic E-state index is 12.6. The fourth-order valence-electron chi connectivity index (χ4n) is 3.20. The number of aliphatic hydroxyl groups is 1. The van der Waals surface area contributed by atoms with E-state index in [0.29, 0.717) is 19.6 Å². The average Bonchev–Trinajstić information content (AvgIpc) is 2.55. The maximum Gasteiger partial charge on any atom is 0.240 e. The van der Waals surface area contributed by atoms with E-state index in [0.717, 1.165) is 24.1 Å². The fraction of sp³-hybridized carbons (Fsp3) is 0.562. The first kappa shape index (κ1) is 17.3. The maximum atomic E-state index is 12.6. The molecule has 0 aromatic heterocycles. The molecule has 1 saturated heterocycles. The lowest BCUT2D eigenvalue weighted by atomic mass is 10.0. The molecular weight excluding hydrogens is 332 g/mol. The monoisotopic (exact) mass is 354 g/mol. The van der Waals surface area contributed by atoms with Crippen molar-refractivity contribution in [1.82, 2.24) is 4.72 Å². The molecule has 0 radical (unpaired) electrons. The standard InChI is InChI=1S/C16H22N2O5S/c1-11(19)18-7-2-3-12-9-13(4-5-15(12)18)24(21,22)17-14-6-8-23-10-16(14)20/h4-5,9,14,16-17,20H,2-3,6-8,10H2,1H3/t14-,16-/m1/s1. The van der Waals surface area contributed by atoms with Crippen molar-refractivity contribution in [2.45, 2.75) is 43.2 Å². The molecule has 2 atom stereocenters. The molecule has 2 aliphatic heterocycles. The van der Waals surface area contributed by atoms with E-state index in [4.69, 9.17) is 4.74 Å². The third-order valence-electron chi connectivity index (χ3n) is 4.49. The molecule has 132 valence electrons. The fourth-order valence-corrected chi connectivity index (χ4v) is 4.55. The van der Waals surface area contributed by atoms with Gasteiger partial charge in [-0.05, 0) is 43.0 Å². The number of anilines is 1. The van der Waals surface area contributed by atoms with E-state index in [1.54, 1.807) is 17.0 Å². The van der Waals surface area contributed by atoms with Crippen LogP contribution in [0.3, 0.4) is 0 Å². The number of benzene rings is 1. The number of amides is 1. The van der Waals surface area contributed by atoms with Crippen molar-refractivity contribution in [2.24, 2.45) is 0 Å². The van der Waals surface area contributed by atoms with Crippen LogP contribution < -0.4 is 9.62 Å². The van der Waals surface area contributed by atoms with Gasteiger partial charge in [-0.2, -0.15) is 0 Å². The number of ether oxygens (including phenoxy) is 1. The van der Waals surface area contributed by atoms with Gasteiger partial charge in [0, 0.05) is 25.8 Å². The van der Waals surface area contributed by atoms with Crippen LogP contribution in [0.5, 0.6) is 0 Å². The van der Waals surface area contributed by atoms with Gasteiger partial charge in [-0.25, -0.2) is 13.1 Å². The Bertz CT molecular complexity index is 734. The summed E-state index contributed by atoms with van der Waals surface area (Å²) >= 11 is 0. The molecule has 1 fully saturated rings. The van der Waals surface area contributed by atoms with Crippen LogP contribution in [0.25, 0.3) is 0 Å². The van der Waals surface area contributed by atoms with E-state index in [1.165, 1.54) is 13.0 Å². The molecular formula is C16H22N2O5S. The number of carbonyl (C=O) groups excluding carboxylic acids is 1. The van der Waals surface area contributed by atoms with Crippen molar-refractivity contribution >= 4 is 21.6 Å². The number of hydrogen-bond acceptors (Lipinski definition) is 5. The number of nitrogens with one attached hydrogen (secondary N) is 1. The van der Waals surface area contributed by atoms with Crippen LogP contribution in [0.2, 0.25) is 0 Å². The molecule has 0 saturated carbocycles. The number of aryl methyl sites for hydroxylation is 1. The van der Waals surface area contributed by atoms with Crippen LogP contribution in [0.1, 0.15) is 25.3 Å². The molecule has 7 nitrogen and oxygen atoms in total. The van der Waals surface area contributed by atoms with E-state index in [-0.39, 0.29) is 17.4 Å². The van der Waals surface area contributed by atoms with Crippen molar-refractivity contribution in [3.05, 3.63) is 23.8 Å². The van der Waals surface area contributed by atoms with Gasteiger partial charge in [0.05, 0.1) is 23.6 Å². The Hall–Kier alpha value is -1.48. The van der Waals surface area contributed by atoms with Crippen LogP contribution in [-0.2, 0) is 26.0 Å². The molecule has 0 unspecified atom stereocenters. The zero-order valence-corrected chi connectivity index (χ0v) is 14.4. The first-order valence-electron chi connectivity index (χ1n) is 8.07. The number of sulfonamides is 1. The molecule has 0 bridgehead atoms. The second-order valence-electron chi connectivity index (χ2n) is 6.22. The molecule has 0 spiro atoms. The molecule has 2 heterocycles. The van der Waals surface area contributed by atoms with Gasteiger partial charge in [0.2, 0.25) is 15.9 Å². The molecule has 0 aliphatic carbocycles. The highest BCUT2D eigenvalue weighted by molar-refractivity contribution is 7.89. The van der Waals surface area contributed by atoms with Gasteiger partial charge < -0.3 is 14.7 Å². The minimum atomic E-state index is -3.73. The van der Waals surface area contributed by atoms with E-state index >= 15 is 0 Å². The summed E-state index contributed by atoms with van der Waals surface area (Å²) in [6, 6.07) is 4.27. The number of hydrogen-bond donors (Lipinski definition) is 2. The van der Waals surface area contributed by atoms with Crippen LogP contribution in [0, 0.1) is 0 Å². The van der Waals surface area contributed by atoms with Gasteiger partial charge >= 0.3 is 0 Å². The Labute approximate surface area is 141 Å². The summed E-state index contributed by atoms with van der Waals surface area (Å²) in [6.45, 7) is 2.71. The summed E-state index contributed by atoms with van der Waals surface area (Å²) in [5.74, 6) is -0.0463. The molecule has 2 aliphatic rings. The number of aliphatic hydroxyl groups excluding tert-OH is 1. The minimum absolute atomic E-state index is 0.0463. The summed E-state index contributed by atoms with van der Waals surface area (Å²) in [6.07, 6.45) is 1.13. The van der Waals surface area contributed by atoms with Crippen molar-refractivity contribution in [2.75, 3.05) is 24.7 Å². The average molecular weight is 354 g/mol. The van der Waals surface area contributed by atoms with Crippen LogP contribution in [-0.4, -0.2) is 51.3 Å². The van der Waals surface area contributed by atoms with Gasteiger partial charge in [-0.3, -0.25) is 4.79 Å². The van der Waals surface area contributed by atoms with Crippen LogP contribution in [0.4, 0.5) is 5.69 Å². The predicted octanol–water partition coefficient (Wildman–Crippen LogP) is 0.414. The summed E-state index contributed by atoms with van der Waals surface area (Å²) in [4.78, 5) is 13.5. The summed E-state index contributed by atoms with van der Waals surface area (Å²) < 4.78 is 32.9. The Kier molecular flexibility index (Phi) is 4.91. The number of rotatable bonds is 3. The van der Waals surface area contributed by atoms with Gasteiger partial charge in [0.25, 0.3) is 0 Å². The molecule has 1 amide bonds. The third kappa shape index (κ3) is 3.46. The molecule has 1 aromatic rings. The van der Waals surface area contributed by atoms with E-state index in [2.05, 4.69) is 4.72 Å². The van der Waals surface area contributed by atoms with Crippen molar-refractivity contribution in [1.29, 1.82) is 0 Å². The second kappa shape index (κ2) is 6.79. The highest BCUT2D eigenvalue weighted by Crippen LogP contribution is 2.29. The first-order valence-corrected chi connectivity index (χ1v) is 9.56. The Morgan fingerprint density at radius 2 is 2.21 bits per heavy atom. The van der Waals surface area contributed by atoms with Crippen LogP contribution >= 0.6 is 0 Å². The molecule has 8 heteroatoms.